The molecule has 52 valence electrons. The second-order valence-corrected chi connectivity index (χ2v) is 2.09. The van der Waals surface area contributed by atoms with Crippen LogP contribution in [-0.4, -0.2) is 26.1 Å². The van der Waals surface area contributed by atoms with Crippen molar-refractivity contribution in [3.8, 4) is 0 Å². The van der Waals surface area contributed by atoms with E-state index in [1.807, 2.05) is 22.9 Å². The van der Waals surface area contributed by atoms with Crippen LogP contribution in [0.1, 0.15) is 0 Å². The fourth-order valence-corrected chi connectivity index (χ4v) is 0.780. The van der Waals surface area contributed by atoms with Crippen molar-refractivity contribution < 1.29 is 0 Å². The van der Waals surface area contributed by atoms with Gasteiger partial charge in [0.25, 0.3) is 0 Å². The lowest BCUT2D eigenvalue weighted by atomic mass is 10.7. The highest BCUT2D eigenvalue weighted by atomic mass is 32.1. The third-order valence-electron chi connectivity index (χ3n) is 0.644. The lowest BCUT2D eigenvalue weighted by molar-refractivity contribution is 0.881. The van der Waals surface area contributed by atoms with Gasteiger partial charge in [-0.1, -0.05) is 12.1 Å². The molecule has 2 rings (SSSR count). The summed E-state index contributed by atoms with van der Waals surface area (Å²) >= 11 is 1.71. The zero-order valence-electron chi connectivity index (χ0n) is 5.01. The van der Waals surface area contributed by atoms with Crippen LogP contribution >= 0.6 is 11.3 Å². The fourth-order valence-electron chi connectivity index (χ4n) is 0.327. The minimum Gasteiger partial charge on any atom is -0.157 e. The lowest BCUT2D eigenvalue weighted by Crippen LogP contribution is -1.64. The summed E-state index contributed by atoms with van der Waals surface area (Å²) in [4.78, 5) is 0. The van der Waals surface area contributed by atoms with Gasteiger partial charge in [0.15, 0.2) is 0 Å². The number of thiophene rings is 1. The molecule has 0 radical (unpaired) electrons. The molecule has 2 aromatic rings. The van der Waals surface area contributed by atoms with Crippen molar-refractivity contribution >= 4 is 11.3 Å². The van der Waals surface area contributed by atoms with Crippen molar-refractivity contribution in [1.29, 1.82) is 0 Å². The van der Waals surface area contributed by atoms with Crippen molar-refractivity contribution in [3.63, 3.8) is 0 Å². The number of nitrogens with zero attached hydrogens (tertiary/aromatic N) is 4. The predicted molar refractivity (Wildman–Crippen MR) is 36.3 cm³/mol. The van der Waals surface area contributed by atoms with E-state index in [9.17, 15) is 0 Å². The van der Waals surface area contributed by atoms with E-state index in [0.717, 1.165) is 0 Å². The van der Waals surface area contributed by atoms with Crippen molar-refractivity contribution in [2.45, 2.75) is 0 Å². The summed E-state index contributed by atoms with van der Waals surface area (Å²) in [6, 6.07) is 4.04. The van der Waals surface area contributed by atoms with Crippen molar-refractivity contribution in [1.82, 2.24) is 26.1 Å². The van der Waals surface area contributed by atoms with E-state index >= 15 is 0 Å². The van der Waals surface area contributed by atoms with Gasteiger partial charge in [0.05, 0.1) is 0 Å². The molecule has 0 spiro atoms. The Hall–Kier alpha value is -1.30. The summed E-state index contributed by atoms with van der Waals surface area (Å²) in [5.41, 5.74) is 0. The highest BCUT2D eigenvalue weighted by Gasteiger charge is 1.60. The molecular formula is C4H5N5S. The Kier molecular flexibility index (Phi) is 3.11. The SMILES string of the molecule is c1ccsc1.n1nn[nH]n1. The Bertz CT molecular complexity index is 153. The molecule has 0 aromatic carbocycles. The van der Waals surface area contributed by atoms with Gasteiger partial charge in [-0.25, -0.2) is 0 Å². The van der Waals surface area contributed by atoms with Crippen molar-refractivity contribution in [3.05, 3.63) is 22.9 Å². The van der Waals surface area contributed by atoms with E-state index in [1.54, 1.807) is 11.3 Å². The summed E-state index contributed by atoms with van der Waals surface area (Å²) < 4.78 is 0. The molecule has 2 heterocycles. The van der Waals surface area contributed by atoms with E-state index in [2.05, 4.69) is 26.1 Å². The topological polar surface area (TPSA) is 67.3 Å². The van der Waals surface area contributed by atoms with Crippen molar-refractivity contribution in [2.24, 2.45) is 0 Å². The molecule has 5 nitrogen and oxygen atoms in total. The van der Waals surface area contributed by atoms with E-state index in [-0.39, 0.29) is 0 Å². The zero-order chi connectivity index (χ0) is 7.07. The molecule has 0 unspecified atom stereocenters. The van der Waals surface area contributed by atoms with E-state index < -0.39 is 0 Å². The highest BCUT2D eigenvalue weighted by Crippen LogP contribution is 1.91. The molecule has 0 atom stereocenters. The van der Waals surface area contributed by atoms with Gasteiger partial charge in [-0.15, -0.1) is 0 Å². The van der Waals surface area contributed by atoms with Crippen LogP contribution in [0, 0.1) is 0 Å². The normalized spacial score (nSPS) is 8.00. The first-order valence-electron chi connectivity index (χ1n) is 2.52. The Morgan fingerprint density at radius 1 is 1.00 bits per heavy atom. The summed E-state index contributed by atoms with van der Waals surface area (Å²) in [6.07, 6.45) is 0. The van der Waals surface area contributed by atoms with Gasteiger partial charge in [-0.3, -0.25) is 0 Å². The molecule has 10 heavy (non-hydrogen) atoms. The zero-order valence-corrected chi connectivity index (χ0v) is 5.82. The summed E-state index contributed by atoms with van der Waals surface area (Å²) in [6.45, 7) is 0. The van der Waals surface area contributed by atoms with E-state index in [1.165, 1.54) is 0 Å². The number of nitrogens with one attached hydrogen (secondary N) is 1. The Balaban J connectivity index is 0.0000001000. The van der Waals surface area contributed by atoms with Crippen LogP contribution in [0.2, 0.25) is 0 Å². The molecule has 0 saturated heterocycles. The highest BCUT2D eigenvalue weighted by molar-refractivity contribution is 7.07. The maximum absolute atomic E-state index is 3.12. The third-order valence-corrected chi connectivity index (χ3v) is 1.27. The third kappa shape index (κ3) is 2.88. The first kappa shape index (κ1) is 6.81. The first-order valence-corrected chi connectivity index (χ1v) is 3.46. The quantitative estimate of drug-likeness (QED) is 0.595. The van der Waals surface area contributed by atoms with Crippen LogP contribution < -0.4 is 0 Å². The summed E-state index contributed by atoms with van der Waals surface area (Å²) in [5.74, 6) is 0. The number of aromatic nitrogens is 5. The second kappa shape index (κ2) is 4.57. The maximum Gasteiger partial charge on any atom is -0.00217 e. The molecular weight excluding hydrogens is 150 g/mol. The lowest BCUT2D eigenvalue weighted by Gasteiger charge is -1.40. The largest absolute Gasteiger partial charge is 0.157 e. The van der Waals surface area contributed by atoms with Gasteiger partial charge in [-0.05, 0) is 31.6 Å². The van der Waals surface area contributed by atoms with Crippen LogP contribution in [0.4, 0.5) is 0 Å². The van der Waals surface area contributed by atoms with Gasteiger partial charge in [0.1, 0.15) is 0 Å². The van der Waals surface area contributed by atoms with Gasteiger partial charge >= 0.3 is 0 Å². The van der Waals surface area contributed by atoms with E-state index in [0.29, 0.717) is 0 Å². The molecule has 0 amide bonds. The number of rotatable bonds is 0. The second-order valence-electron chi connectivity index (χ2n) is 1.27. The number of hydrogen-bond acceptors (Lipinski definition) is 5. The van der Waals surface area contributed by atoms with Gasteiger partial charge in [-0.2, -0.15) is 16.6 Å². The van der Waals surface area contributed by atoms with Crippen molar-refractivity contribution in [2.75, 3.05) is 0 Å². The predicted octanol–water partition coefficient (Wildman–Crippen LogP) is 0.343. The monoisotopic (exact) mass is 155 g/mol. The average molecular weight is 155 g/mol. The molecule has 0 saturated carbocycles. The molecule has 1 N–H and O–H groups in total. The molecule has 0 fully saturated rings. The van der Waals surface area contributed by atoms with Crippen LogP contribution in [0.15, 0.2) is 22.9 Å². The Labute approximate surface area is 61.1 Å². The van der Waals surface area contributed by atoms with Gasteiger partial charge in [0, 0.05) is 0 Å². The maximum atomic E-state index is 3.12. The Morgan fingerprint density at radius 3 is 1.80 bits per heavy atom. The van der Waals surface area contributed by atoms with Crippen LogP contribution in [-0.2, 0) is 0 Å². The summed E-state index contributed by atoms with van der Waals surface area (Å²) in [5, 5.41) is 18.6. The summed E-state index contributed by atoms with van der Waals surface area (Å²) in [7, 11) is 0. The molecule has 0 aliphatic rings. The minimum absolute atomic E-state index is 1.71. The number of aromatic amines is 1. The molecule has 6 heteroatoms. The molecule has 0 aliphatic carbocycles. The minimum atomic E-state index is 1.71. The standard InChI is InChI=1S/C4H4S.HN5/c2*1-2-4-5-3-1/h1-4H;(H,1,2,3,4,5). The average Bonchev–Trinajstić information content (AvgIpc) is 2.67. The number of H-pyrrole nitrogens is 1. The number of hydrogen-bond donors (Lipinski definition) is 1. The molecule has 2 aromatic heterocycles. The van der Waals surface area contributed by atoms with Crippen LogP contribution in [0.25, 0.3) is 0 Å². The van der Waals surface area contributed by atoms with Gasteiger partial charge in [0.2, 0.25) is 0 Å². The Morgan fingerprint density at radius 2 is 1.60 bits per heavy atom. The van der Waals surface area contributed by atoms with E-state index in [4.69, 9.17) is 0 Å². The van der Waals surface area contributed by atoms with Gasteiger partial charge < -0.3 is 0 Å². The molecule has 0 aliphatic heterocycles. The van der Waals surface area contributed by atoms with Crippen LogP contribution in [0.3, 0.4) is 0 Å². The fraction of sp³-hybridized carbons (Fsp3) is 0. The van der Waals surface area contributed by atoms with Crippen LogP contribution in [0.5, 0.6) is 0 Å². The smallest absolute Gasteiger partial charge is 0.00217 e. The molecule has 0 bridgehead atoms. The first-order chi connectivity index (χ1) is 5.00.